The molecule has 1 aliphatic heterocycles. The smallest absolute Gasteiger partial charge is 0.416 e. The number of aromatic nitrogens is 1. The van der Waals surface area contributed by atoms with Gasteiger partial charge in [-0.1, -0.05) is 6.92 Å². The summed E-state index contributed by atoms with van der Waals surface area (Å²) >= 11 is 0. The summed E-state index contributed by atoms with van der Waals surface area (Å²) < 4.78 is 45.6. The number of nitrogens with one attached hydrogen (secondary N) is 1. The van der Waals surface area contributed by atoms with E-state index in [2.05, 4.69) is 27.0 Å². The Bertz CT molecular complexity index is 1190. The molecule has 192 valence electrons. The molecule has 0 amide bonds. The van der Waals surface area contributed by atoms with E-state index in [1.807, 2.05) is 0 Å². The highest BCUT2D eigenvalue weighted by molar-refractivity contribution is 6.05. The number of nitrogens with zero attached hydrogens (tertiary/aromatic N) is 3. The number of carbonyl (C=O) groups is 1. The second-order valence-electron chi connectivity index (χ2n) is 8.71. The number of piperazine rings is 1. The first kappa shape index (κ1) is 25.7. The summed E-state index contributed by atoms with van der Waals surface area (Å²) in [4.78, 5) is 20.6. The largest absolute Gasteiger partial charge is 0.494 e. The zero-order valence-corrected chi connectivity index (χ0v) is 20.0. The second kappa shape index (κ2) is 11.1. The van der Waals surface area contributed by atoms with Crippen molar-refractivity contribution >= 4 is 28.2 Å². The summed E-state index contributed by atoms with van der Waals surface area (Å²) in [7, 11) is 0. The van der Waals surface area contributed by atoms with E-state index >= 15 is 0 Å². The number of fused-ring (bicyclic) bond motifs is 1. The van der Waals surface area contributed by atoms with E-state index in [0.29, 0.717) is 18.0 Å². The van der Waals surface area contributed by atoms with Crippen molar-refractivity contribution in [2.75, 3.05) is 51.2 Å². The Morgan fingerprint density at radius 1 is 1.08 bits per heavy atom. The van der Waals surface area contributed by atoms with E-state index in [4.69, 9.17) is 4.74 Å². The van der Waals surface area contributed by atoms with Crippen LogP contribution in [0.25, 0.3) is 10.9 Å². The van der Waals surface area contributed by atoms with Gasteiger partial charge < -0.3 is 25.0 Å². The van der Waals surface area contributed by atoms with Crippen LogP contribution in [0.1, 0.15) is 29.3 Å². The lowest BCUT2D eigenvalue weighted by atomic mass is 10.1. The summed E-state index contributed by atoms with van der Waals surface area (Å²) in [5.41, 5.74) is -0.272. The number of hydrogen-bond acceptors (Lipinski definition) is 6. The highest BCUT2D eigenvalue weighted by Crippen LogP contribution is 2.35. The number of pyridine rings is 1. The number of aromatic carboxylic acids is 1. The van der Waals surface area contributed by atoms with E-state index < -0.39 is 17.7 Å². The molecule has 0 atom stereocenters. The predicted molar refractivity (Wildman–Crippen MR) is 132 cm³/mol. The van der Waals surface area contributed by atoms with Crippen molar-refractivity contribution in [2.45, 2.75) is 19.5 Å². The molecule has 0 spiro atoms. The molecule has 0 saturated carbocycles. The van der Waals surface area contributed by atoms with Crippen molar-refractivity contribution in [2.24, 2.45) is 0 Å². The summed E-state index contributed by atoms with van der Waals surface area (Å²) in [6.45, 7) is 9.15. The normalized spacial score (nSPS) is 15.2. The quantitative estimate of drug-likeness (QED) is 0.394. The molecule has 4 rings (SSSR count). The number of carboxylic acids is 1. The number of hydrogen-bond donors (Lipinski definition) is 2. The molecule has 0 unspecified atom stereocenters. The molecule has 2 aromatic carbocycles. The van der Waals surface area contributed by atoms with Crippen LogP contribution >= 0.6 is 0 Å². The van der Waals surface area contributed by atoms with Gasteiger partial charge >= 0.3 is 12.1 Å². The maximum absolute atomic E-state index is 13.3. The molecular weight excluding hydrogens is 473 g/mol. The molecule has 10 heteroatoms. The standard InChI is InChI=1S/C26H29F3N4O3/c1-2-32-11-13-33(14-12-32)10-3-15-36-20-7-5-19(6-8-20)31-24-21-16-18(26(27,28)29)4-9-23(21)30-17-22(24)25(34)35/h4-9,16-17H,2-3,10-15H2,1H3,(H,30,31)(H,34,35). The summed E-state index contributed by atoms with van der Waals surface area (Å²) in [5.74, 6) is -0.630. The molecule has 0 bridgehead atoms. The van der Waals surface area contributed by atoms with E-state index in [9.17, 15) is 23.1 Å². The fourth-order valence-corrected chi connectivity index (χ4v) is 4.25. The lowest BCUT2D eigenvalue weighted by molar-refractivity contribution is -0.137. The molecule has 1 aliphatic rings. The van der Waals surface area contributed by atoms with Crippen molar-refractivity contribution in [3.05, 3.63) is 59.8 Å². The van der Waals surface area contributed by atoms with Gasteiger partial charge in [-0.25, -0.2) is 4.79 Å². The molecule has 1 fully saturated rings. The van der Waals surface area contributed by atoms with Crippen LogP contribution in [0.2, 0.25) is 0 Å². The highest BCUT2D eigenvalue weighted by atomic mass is 19.4. The van der Waals surface area contributed by atoms with Crippen molar-refractivity contribution in [3.63, 3.8) is 0 Å². The zero-order valence-electron chi connectivity index (χ0n) is 20.0. The van der Waals surface area contributed by atoms with Gasteiger partial charge in [-0.3, -0.25) is 4.98 Å². The van der Waals surface area contributed by atoms with Crippen LogP contribution in [0.4, 0.5) is 24.5 Å². The lowest BCUT2D eigenvalue weighted by Crippen LogP contribution is -2.46. The third-order valence-corrected chi connectivity index (χ3v) is 6.35. The average molecular weight is 503 g/mol. The minimum Gasteiger partial charge on any atom is -0.494 e. The molecule has 7 nitrogen and oxygen atoms in total. The summed E-state index contributed by atoms with van der Waals surface area (Å²) in [6, 6.07) is 9.96. The first-order valence-electron chi connectivity index (χ1n) is 11.9. The van der Waals surface area contributed by atoms with E-state index in [-0.39, 0.29) is 22.2 Å². The number of benzene rings is 2. The van der Waals surface area contributed by atoms with Crippen LogP contribution in [0, 0.1) is 0 Å². The average Bonchev–Trinajstić information content (AvgIpc) is 2.87. The molecule has 36 heavy (non-hydrogen) atoms. The minimum atomic E-state index is -4.56. The maximum Gasteiger partial charge on any atom is 0.416 e. The molecule has 2 N–H and O–H groups in total. The molecule has 3 aromatic rings. The number of likely N-dealkylation sites (N-methyl/N-ethyl adjacent to an activating group) is 1. The van der Waals surface area contributed by atoms with Gasteiger partial charge in [0.25, 0.3) is 0 Å². The molecule has 1 saturated heterocycles. The van der Waals surface area contributed by atoms with Gasteiger partial charge in [0.15, 0.2) is 0 Å². The van der Waals surface area contributed by atoms with Crippen LogP contribution < -0.4 is 10.1 Å². The molecule has 2 heterocycles. The number of halogens is 3. The molecule has 0 aliphatic carbocycles. The first-order chi connectivity index (χ1) is 17.2. The van der Waals surface area contributed by atoms with Crippen LogP contribution in [0.15, 0.2) is 48.7 Å². The number of rotatable bonds is 9. The van der Waals surface area contributed by atoms with Gasteiger partial charge in [-0.2, -0.15) is 13.2 Å². The third-order valence-electron chi connectivity index (χ3n) is 6.35. The van der Waals surface area contributed by atoms with Crippen molar-refractivity contribution < 1.29 is 27.8 Å². The fourth-order valence-electron chi connectivity index (χ4n) is 4.25. The Morgan fingerprint density at radius 2 is 1.78 bits per heavy atom. The Hall–Kier alpha value is -3.37. The molecule has 0 radical (unpaired) electrons. The SMILES string of the molecule is CCN1CCN(CCCOc2ccc(Nc3c(C(=O)O)cnc4ccc(C(F)(F)F)cc34)cc2)CC1. The third kappa shape index (κ3) is 6.24. The van der Waals surface area contributed by atoms with Gasteiger partial charge in [-0.15, -0.1) is 0 Å². The number of alkyl halides is 3. The van der Waals surface area contributed by atoms with E-state index in [0.717, 1.165) is 64.0 Å². The number of anilines is 2. The van der Waals surface area contributed by atoms with Crippen LogP contribution in [-0.2, 0) is 6.18 Å². The maximum atomic E-state index is 13.3. The zero-order chi connectivity index (χ0) is 25.7. The minimum absolute atomic E-state index is 0.0513. The Kier molecular flexibility index (Phi) is 7.95. The molecule has 1 aromatic heterocycles. The van der Waals surface area contributed by atoms with Gasteiger partial charge in [0.2, 0.25) is 0 Å². The molecular formula is C26H29F3N4O3. The Morgan fingerprint density at radius 3 is 2.42 bits per heavy atom. The van der Waals surface area contributed by atoms with E-state index in [1.165, 1.54) is 6.07 Å². The Balaban J connectivity index is 1.41. The monoisotopic (exact) mass is 502 g/mol. The van der Waals surface area contributed by atoms with Crippen LogP contribution in [-0.4, -0.2) is 71.7 Å². The fraction of sp³-hybridized carbons (Fsp3) is 0.385. The van der Waals surface area contributed by atoms with Gasteiger partial charge in [0.05, 0.1) is 23.4 Å². The van der Waals surface area contributed by atoms with Crippen LogP contribution in [0.5, 0.6) is 5.75 Å². The van der Waals surface area contributed by atoms with Crippen LogP contribution in [0.3, 0.4) is 0 Å². The van der Waals surface area contributed by atoms with Gasteiger partial charge in [0, 0.05) is 50.0 Å². The van der Waals surface area contributed by atoms with Crippen molar-refractivity contribution in [3.8, 4) is 5.75 Å². The highest BCUT2D eigenvalue weighted by Gasteiger charge is 2.31. The lowest BCUT2D eigenvalue weighted by Gasteiger charge is -2.33. The van der Waals surface area contributed by atoms with E-state index in [1.54, 1.807) is 24.3 Å². The number of ether oxygens (including phenoxy) is 1. The second-order valence-corrected chi connectivity index (χ2v) is 8.71. The topological polar surface area (TPSA) is 77.9 Å². The van der Waals surface area contributed by atoms with Gasteiger partial charge in [0.1, 0.15) is 11.3 Å². The first-order valence-corrected chi connectivity index (χ1v) is 11.9. The number of carboxylic acid groups (broad SMARTS) is 1. The van der Waals surface area contributed by atoms with Crippen molar-refractivity contribution in [1.82, 2.24) is 14.8 Å². The Labute approximate surface area is 207 Å². The summed E-state index contributed by atoms with van der Waals surface area (Å²) in [5, 5.41) is 12.6. The summed E-state index contributed by atoms with van der Waals surface area (Å²) in [6.07, 6.45) is -2.52. The van der Waals surface area contributed by atoms with Gasteiger partial charge in [-0.05, 0) is 55.4 Å². The predicted octanol–water partition coefficient (Wildman–Crippen LogP) is 5.10. The van der Waals surface area contributed by atoms with Crippen molar-refractivity contribution in [1.29, 1.82) is 0 Å².